The molecule has 4 N–H and O–H groups in total. The second-order valence-corrected chi connectivity index (χ2v) is 12.7. The molecule has 1 aliphatic rings. The van der Waals surface area contributed by atoms with Gasteiger partial charge in [0.1, 0.15) is 17.3 Å². The van der Waals surface area contributed by atoms with Gasteiger partial charge in [0.05, 0.1) is 36.6 Å². The maximum Gasteiger partial charge on any atom is 0.340 e. The van der Waals surface area contributed by atoms with Crippen molar-refractivity contribution in [2.75, 3.05) is 5.32 Å². The number of benzene rings is 2. The number of hydrogen-bond acceptors (Lipinski definition) is 8. The molecular formula is C35H39N5O8. The summed E-state index contributed by atoms with van der Waals surface area (Å²) < 4.78 is 6.56. The van der Waals surface area contributed by atoms with E-state index in [0.29, 0.717) is 16.6 Å². The first-order valence-electron chi connectivity index (χ1n) is 15.9. The normalized spacial score (nSPS) is 15.4. The number of carboxylic acid groups (broad SMARTS) is 2. The largest absolute Gasteiger partial charge is 0.481 e. The first-order valence-corrected chi connectivity index (χ1v) is 15.9. The van der Waals surface area contributed by atoms with Crippen molar-refractivity contribution in [2.45, 2.75) is 83.7 Å². The van der Waals surface area contributed by atoms with E-state index in [9.17, 15) is 29.1 Å². The number of carbonyl (C=O) groups is 4. The number of rotatable bonds is 12. The van der Waals surface area contributed by atoms with E-state index in [-0.39, 0.29) is 35.1 Å². The zero-order valence-corrected chi connectivity index (χ0v) is 27.1. The topological polar surface area (TPSA) is 194 Å². The van der Waals surface area contributed by atoms with Crippen molar-refractivity contribution in [3.63, 3.8) is 0 Å². The van der Waals surface area contributed by atoms with Crippen LogP contribution in [0.4, 0.5) is 5.69 Å². The zero-order valence-electron chi connectivity index (χ0n) is 27.1. The van der Waals surface area contributed by atoms with Crippen LogP contribution in [0.5, 0.6) is 0 Å². The number of fused-ring (bicyclic) bond motifs is 1. The van der Waals surface area contributed by atoms with E-state index in [1.54, 1.807) is 19.1 Å². The quantitative estimate of drug-likeness (QED) is 0.158. The molecule has 1 saturated carbocycles. The number of carbonyl (C=O) groups excluding carboxylic acids is 2. The van der Waals surface area contributed by atoms with Gasteiger partial charge < -0.3 is 25.3 Å². The summed E-state index contributed by atoms with van der Waals surface area (Å²) >= 11 is 0. The molecule has 2 aromatic carbocycles. The first kappa shape index (κ1) is 34.0. The average molecular weight is 658 g/mol. The highest BCUT2D eigenvalue weighted by Gasteiger charge is 2.41. The molecule has 0 radical (unpaired) electrons. The molecule has 5 rings (SSSR count). The minimum absolute atomic E-state index is 0.0295. The van der Waals surface area contributed by atoms with Crippen LogP contribution in [0.25, 0.3) is 11.0 Å². The van der Waals surface area contributed by atoms with Crippen molar-refractivity contribution >= 4 is 40.4 Å². The number of hydrogen-bond donors (Lipinski definition) is 4. The molecule has 13 heteroatoms. The Bertz CT molecular complexity index is 1930. The monoisotopic (exact) mass is 657 g/mol. The predicted octanol–water partition coefficient (Wildman–Crippen LogP) is 4.44. The van der Waals surface area contributed by atoms with Crippen molar-refractivity contribution in [3.8, 4) is 0 Å². The van der Waals surface area contributed by atoms with Gasteiger partial charge in [0.2, 0.25) is 11.8 Å². The van der Waals surface area contributed by atoms with Gasteiger partial charge in [-0.15, -0.1) is 5.10 Å². The van der Waals surface area contributed by atoms with Crippen molar-refractivity contribution in [3.05, 3.63) is 87.0 Å². The van der Waals surface area contributed by atoms with Gasteiger partial charge in [0.25, 0.3) is 0 Å². The number of nitrogens with one attached hydrogen (secondary N) is 2. The third-order valence-corrected chi connectivity index (χ3v) is 9.18. The molecule has 2 amide bonds. The molecule has 13 nitrogen and oxygen atoms in total. The fourth-order valence-corrected chi connectivity index (χ4v) is 6.59. The Kier molecular flexibility index (Phi) is 10.1. The van der Waals surface area contributed by atoms with Gasteiger partial charge in [0.15, 0.2) is 0 Å². The second-order valence-electron chi connectivity index (χ2n) is 12.7. The van der Waals surface area contributed by atoms with Gasteiger partial charge in [-0.1, -0.05) is 54.3 Å². The van der Waals surface area contributed by atoms with Crippen LogP contribution in [-0.4, -0.2) is 49.0 Å². The fourth-order valence-electron chi connectivity index (χ4n) is 6.59. The van der Waals surface area contributed by atoms with Crippen LogP contribution >= 0.6 is 0 Å². The number of carboxylic acids is 2. The minimum atomic E-state index is -1.30. The van der Waals surface area contributed by atoms with E-state index in [1.165, 1.54) is 16.9 Å². The zero-order chi connectivity index (χ0) is 34.6. The lowest BCUT2D eigenvalue weighted by Gasteiger charge is -2.39. The summed E-state index contributed by atoms with van der Waals surface area (Å²) in [6.07, 6.45) is 5.43. The van der Waals surface area contributed by atoms with E-state index in [2.05, 4.69) is 20.9 Å². The summed E-state index contributed by atoms with van der Waals surface area (Å²) in [6.45, 7) is 5.49. The molecule has 1 unspecified atom stereocenters. The molecular weight excluding hydrogens is 618 g/mol. The molecule has 2 aromatic heterocycles. The Morgan fingerprint density at radius 3 is 2.46 bits per heavy atom. The molecule has 0 aliphatic heterocycles. The fraction of sp³-hybridized carbons (Fsp3) is 0.400. The Balaban J connectivity index is 1.41. The predicted molar refractivity (Wildman–Crippen MR) is 175 cm³/mol. The first-order chi connectivity index (χ1) is 22.8. The summed E-state index contributed by atoms with van der Waals surface area (Å²) in [5, 5.41) is 33.8. The molecule has 48 heavy (non-hydrogen) atoms. The van der Waals surface area contributed by atoms with Gasteiger partial charge in [-0.05, 0) is 62.8 Å². The van der Waals surface area contributed by atoms with Crippen molar-refractivity contribution in [1.82, 2.24) is 20.3 Å². The Labute approximate surface area is 276 Å². The third kappa shape index (κ3) is 7.62. The Morgan fingerprint density at radius 2 is 1.77 bits per heavy atom. The maximum atomic E-state index is 13.6. The summed E-state index contributed by atoms with van der Waals surface area (Å²) in [4.78, 5) is 62.6. The van der Waals surface area contributed by atoms with Crippen LogP contribution in [0.3, 0.4) is 0 Å². The number of anilines is 1. The summed E-state index contributed by atoms with van der Waals surface area (Å²) in [5.74, 6) is -3.23. The van der Waals surface area contributed by atoms with Crippen molar-refractivity contribution < 1.29 is 33.8 Å². The molecule has 0 saturated heterocycles. The van der Waals surface area contributed by atoms with Gasteiger partial charge in [-0.2, -0.15) is 0 Å². The van der Waals surface area contributed by atoms with Gasteiger partial charge >= 0.3 is 17.6 Å². The lowest BCUT2D eigenvalue weighted by atomic mass is 9.74. The second kappa shape index (κ2) is 14.2. The molecule has 1 fully saturated rings. The van der Waals surface area contributed by atoms with Crippen LogP contribution in [0.1, 0.15) is 79.4 Å². The summed E-state index contributed by atoms with van der Waals surface area (Å²) in [7, 11) is 0. The minimum Gasteiger partial charge on any atom is -0.481 e. The number of aromatic nitrogens is 3. The van der Waals surface area contributed by atoms with Crippen LogP contribution < -0.4 is 16.3 Å². The lowest BCUT2D eigenvalue weighted by molar-refractivity contribution is -0.140. The SMILES string of the molecule is Cc1cccc(CC(=O)N[C@](C)(c2cn(C(CC(=O)O)C(=O)Nc3ccc4c(C)c(CC(=O)O)c(=O)oc4c3)nn2)C2CCCCC2)c1. The molecule has 1 aliphatic carbocycles. The standard InChI is InChI=1S/C35H39N5O8/c1-20-8-7-9-22(14-20)15-30(41)37-35(3,23-10-5-4-6-11-23)29-19-40(39-38-29)27(18-32(44)45)33(46)36-24-12-13-25-21(2)26(17-31(42)43)34(47)48-28(25)16-24/h7-9,12-14,16,19,23,27H,4-6,10-11,15,17-18H2,1-3H3,(H,36,46)(H,37,41)(H,42,43)(H,44,45)/t27?,35-/m0/s1. The van der Waals surface area contributed by atoms with Crippen LogP contribution in [0.15, 0.2) is 57.9 Å². The van der Waals surface area contributed by atoms with Crippen LogP contribution in [0.2, 0.25) is 0 Å². The van der Waals surface area contributed by atoms with E-state index < -0.39 is 47.9 Å². The number of aryl methyl sites for hydroxylation is 2. The third-order valence-electron chi connectivity index (χ3n) is 9.18. The Hall–Kier alpha value is -5.33. The lowest BCUT2D eigenvalue weighted by Crippen LogP contribution is -2.50. The number of amides is 2. The van der Waals surface area contributed by atoms with Crippen molar-refractivity contribution in [2.24, 2.45) is 5.92 Å². The summed E-state index contributed by atoms with van der Waals surface area (Å²) in [6, 6.07) is 11.0. The van der Waals surface area contributed by atoms with E-state index in [0.717, 1.165) is 43.2 Å². The van der Waals surface area contributed by atoms with Crippen molar-refractivity contribution in [1.29, 1.82) is 0 Å². The van der Waals surface area contributed by atoms with E-state index in [1.807, 2.05) is 38.1 Å². The molecule has 4 aromatic rings. The average Bonchev–Trinajstić information content (AvgIpc) is 3.53. The number of nitrogens with zero attached hydrogens (tertiary/aromatic N) is 3. The molecule has 2 heterocycles. The molecule has 0 spiro atoms. The van der Waals surface area contributed by atoms with Gasteiger partial charge in [-0.3, -0.25) is 19.2 Å². The van der Waals surface area contributed by atoms with Crippen LogP contribution in [0, 0.1) is 19.8 Å². The summed E-state index contributed by atoms with van der Waals surface area (Å²) in [5.41, 5.74) is 1.48. The van der Waals surface area contributed by atoms with E-state index in [4.69, 9.17) is 9.52 Å². The Morgan fingerprint density at radius 1 is 1.02 bits per heavy atom. The van der Waals surface area contributed by atoms with Crippen LogP contribution in [-0.2, 0) is 37.6 Å². The van der Waals surface area contributed by atoms with Gasteiger partial charge in [0, 0.05) is 17.1 Å². The molecule has 2 atom stereocenters. The highest BCUT2D eigenvalue weighted by molar-refractivity contribution is 5.97. The molecule has 252 valence electrons. The highest BCUT2D eigenvalue weighted by Crippen LogP contribution is 2.39. The smallest absolute Gasteiger partial charge is 0.340 e. The highest BCUT2D eigenvalue weighted by atomic mass is 16.4. The molecule has 0 bridgehead atoms. The van der Waals surface area contributed by atoms with Gasteiger partial charge in [-0.25, -0.2) is 9.48 Å². The maximum absolute atomic E-state index is 13.6. The van der Waals surface area contributed by atoms with E-state index >= 15 is 0 Å². The number of aliphatic carboxylic acids is 2.